The maximum atomic E-state index is 9.73. The van der Waals surface area contributed by atoms with Gasteiger partial charge in [-0.05, 0) is 45.1 Å². The number of methoxy groups -OCH3 is 2. The lowest BCUT2D eigenvalue weighted by Gasteiger charge is -2.33. The second kappa shape index (κ2) is 5.39. The van der Waals surface area contributed by atoms with Crippen LogP contribution in [0.1, 0.15) is 24.4 Å². The van der Waals surface area contributed by atoms with Gasteiger partial charge in [0.25, 0.3) is 0 Å². The van der Waals surface area contributed by atoms with Gasteiger partial charge >= 0.3 is 0 Å². The summed E-state index contributed by atoms with van der Waals surface area (Å²) in [5.41, 5.74) is 1.04. The normalized spacial score (nSPS) is 18.2. The minimum Gasteiger partial charge on any atom is -0.497 e. The molecule has 0 aromatic heterocycles. The van der Waals surface area contributed by atoms with Crippen LogP contribution in [0.2, 0.25) is 0 Å². The summed E-state index contributed by atoms with van der Waals surface area (Å²) in [5, 5.41) is 9.73. The topological polar surface area (TPSA) is 41.9 Å². The summed E-state index contributed by atoms with van der Waals surface area (Å²) in [6, 6.07) is 5.98. The molecule has 1 aromatic rings. The van der Waals surface area contributed by atoms with Gasteiger partial charge < -0.3 is 19.5 Å². The maximum Gasteiger partial charge on any atom is 0.123 e. The van der Waals surface area contributed by atoms with Crippen LogP contribution in [-0.4, -0.2) is 44.9 Å². The van der Waals surface area contributed by atoms with Crippen LogP contribution in [0, 0.1) is 5.41 Å². The predicted molar refractivity (Wildman–Crippen MR) is 74.7 cm³/mol. The molecule has 1 aliphatic carbocycles. The van der Waals surface area contributed by atoms with Gasteiger partial charge in [-0.25, -0.2) is 0 Å². The third kappa shape index (κ3) is 2.55. The van der Waals surface area contributed by atoms with Crippen molar-refractivity contribution in [2.45, 2.75) is 18.9 Å². The zero-order chi connectivity index (χ0) is 14.0. The molecular weight excluding hydrogens is 242 g/mol. The third-order valence-corrected chi connectivity index (χ3v) is 4.04. The van der Waals surface area contributed by atoms with E-state index in [9.17, 15) is 5.11 Å². The molecule has 1 aliphatic rings. The molecular formula is C15H23NO3. The number of aliphatic hydroxyl groups is 1. The van der Waals surface area contributed by atoms with Gasteiger partial charge in [0.15, 0.2) is 0 Å². The van der Waals surface area contributed by atoms with E-state index < -0.39 is 0 Å². The first-order valence-electron chi connectivity index (χ1n) is 6.57. The molecule has 0 radical (unpaired) electrons. The molecule has 0 heterocycles. The fraction of sp³-hybridized carbons (Fsp3) is 0.600. The highest BCUT2D eigenvalue weighted by molar-refractivity contribution is 5.44. The Morgan fingerprint density at radius 3 is 2.37 bits per heavy atom. The van der Waals surface area contributed by atoms with Gasteiger partial charge in [0, 0.05) is 17.0 Å². The van der Waals surface area contributed by atoms with E-state index >= 15 is 0 Å². The van der Waals surface area contributed by atoms with Gasteiger partial charge in [0.05, 0.1) is 20.8 Å². The number of benzene rings is 1. The average Bonchev–Trinajstić information content (AvgIpc) is 3.19. The third-order valence-electron chi connectivity index (χ3n) is 4.04. The molecule has 0 amide bonds. The van der Waals surface area contributed by atoms with E-state index in [1.165, 1.54) is 0 Å². The Morgan fingerprint density at radius 2 is 1.95 bits per heavy atom. The number of ether oxygens (including phenoxy) is 2. The average molecular weight is 265 g/mol. The van der Waals surface area contributed by atoms with Crippen molar-refractivity contribution < 1.29 is 14.6 Å². The van der Waals surface area contributed by atoms with Gasteiger partial charge in [-0.15, -0.1) is 0 Å². The smallest absolute Gasteiger partial charge is 0.123 e. The molecule has 1 N–H and O–H groups in total. The Kier molecular flexibility index (Phi) is 4.02. The van der Waals surface area contributed by atoms with Crippen LogP contribution >= 0.6 is 0 Å². The second-order valence-corrected chi connectivity index (χ2v) is 5.49. The van der Waals surface area contributed by atoms with Gasteiger partial charge in [0.2, 0.25) is 0 Å². The number of hydrogen-bond donors (Lipinski definition) is 1. The lowest BCUT2D eigenvalue weighted by molar-refractivity contribution is 0.113. The highest BCUT2D eigenvalue weighted by Crippen LogP contribution is 2.57. The summed E-state index contributed by atoms with van der Waals surface area (Å²) in [6.07, 6.45) is 2.10. The number of rotatable bonds is 6. The van der Waals surface area contributed by atoms with E-state index in [-0.39, 0.29) is 18.1 Å². The molecule has 1 aromatic carbocycles. The van der Waals surface area contributed by atoms with Gasteiger partial charge in [-0.1, -0.05) is 0 Å². The fourth-order valence-electron chi connectivity index (χ4n) is 2.89. The zero-order valence-electron chi connectivity index (χ0n) is 12.1. The van der Waals surface area contributed by atoms with Gasteiger partial charge in [-0.2, -0.15) is 0 Å². The van der Waals surface area contributed by atoms with E-state index in [0.29, 0.717) is 0 Å². The molecule has 4 nitrogen and oxygen atoms in total. The summed E-state index contributed by atoms with van der Waals surface area (Å²) in [7, 11) is 7.42. The molecule has 2 rings (SSSR count). The van der Waals surface area contributed by atoms with Crippen molar-refractivity contribution in [3.05, 3.63) is 23.8 Å². The fourth-order valence-corrected chi connectivity index (χ4v) is 2.89. The second-order valence-electron chi connectivity index (χ2n) is 5.49. The van der Waals surface area contributed by atoms with E-state index in [1.807, 2.05) is 32.3 Å². The molecule has 0 aliphatic heterocycles. The molecule has 106 valence electrons. The Hall–Kier alpha value is -1.26. The summed E-state index contributed by atoms with van der Waals surface area (Å²) < 4.78 is 10.8. The summed E-state index contributed by atoms with van der Waals surface area (Å²) in [6.45, 7) is 0.205. The minimum atomic E-state index is -0.0385. The number of nitrogens with zero attached hydrogens (tertiary/aromatic N) is 1. The van der Waals surface area contributed by atoms with Crippen LogP contribution in [0.5, 0.6) is 11.5 Å². The van der Waals surface area contributed by atoms with E-state index in [2.05, 4.69) is 4.90 Å². The molecule has 1 unspecified atom stereocenters. The molecule has 1 saturated carbocycles. The summed E-state index contributed by atoms with van der Waals surface area (Å²) in [5.74, 6) is 1.66. The lowest BCUT2D eigenvalue weighted by atomic mass is 9.89. The highest BCUT2D eigenvalue weighted by Gasteiger charge is 2.51. The first kappa shape index (κ1) is 14.2. The van der Waals surface area contributed by atoms with E-state index in [1.54, 1.807) is 14.2 Å². The minimum absolute atomic E-state index is 0.0385. The SMILES string of the molecule is COc1ccc(OC)c(C(N(C)C)C2(CO)CC2)c1. The van der Waals surface area contributed by atoms with Crippen molar-refractivity contribution in [2.24, 2.45) is 5.41 Å². The highest BCUT2D eigenvalue weighted by atomic mass is 16.5. The van der Waals surface area contributed by atoms with Crippen LogP contribution in [0.4, 0.5) is 0 Å². The molecule has 0 saturated heterocycles. The van der Waals surface area contributed by atoms with E-state index in [4.69, 9.17) is 9.47 Å². The molecule has 0 spiro atoms. The lowest BCUT2D eigenvalue weighted by Crippen LogP contribution is -2.31. The molecule has 0 bridgehead atoms. The quantitative estimate of drug-likeness (QED) is 0.855. The Bertz CT molecular complexity index is 441. The molecule has 4 heteroatoms. The molecule has 1 atom stereocenters. The maximum absolute atomic E-state index is 9.73. The first-order valence-corrected chi connectivity index (χ1v) is 6.57. The van der Waals surface area contributed by atoms with Crippen molar-refractivity contribution in [2.75, 3.05) is 34.9 Å². The standard InChI is InChI=1S/C15H23NO3/c1-16(2)14(15(10-17)7-8-15)12-9-11(18-3)5-6-13(12)19-4/h5-6,9,14,17H,7-8,10H2,1-4H3. The summed E-state index contributed by atoms with van der Waals surface area (Å²) >= 11 is 0. The predicted octanol–water partition coefficient (Wildman–Crippen LogP) is 2.08. The van der Waals surface area contributed by atoms with Crippen LogP contribution in [-0.2, 0) is 0 Å². The van der Waals surface area contributed by atoms with Crippen LogP contribution in [0.25, 0.3) is 0 Å². The van der Waals surface area contributed by atoms with Crippen molar-refractivity contribution in [3.63, 3.8) is 0 Å². The van der Waals surface area contributed by atoms with Crippen molar-refractivity contribution >= 4 is 0 Å². The monoisotopic (exact) mass is 265 g/mol. The summed E-state index contributed by atoms with van der Waals surface area (Å²) in [4.78, 5) is 2.15. The van der Waals surface area contributed by atoms with Crippen LogP contribution in [0.15, 0.2) is 18.2 Å². The number of aliphatic hydroxyl groups excluding tert-OH is 1. The molecule has 19 heavy (non-hydrogen) atoms. The Labute approximate surface area is 114 Å². The van der Waals surface area contributed by atoms with Crippen molar-refractivity contribution in [1.82, 2.24) is 4.90 Å². The first-order chi connectivity index (χ1) is 9.07. The zero-order valence-corrected chi connectivity index (χ0v) is 12.1. The molecule has 1 fully saturated rings. The number of hydrogen-bond acceptors (Lipinski definition) is 4. The van der Waals surface area contributed by atoms with Gasteiger partial charge in [0.1, 0.15) is 11.5 Å². The van der Waals surface area contributed by atoms with Crippen molar-refractivity contribution in [1.29, 1.82) is 0 Å². The Balaban J connectivity index is 2.46. The largest absolute Gasteiger partial charge is 0.497 e. The van der Waals surface area contributed by atoms with Crippen LogP contribution < -0.4 is 9.47 Å². The van der Waals surface area contributed by atoms with Crippen molar-refractivity contribution in [3.8, 4) is 11.5 Å². The van der Waals surface area contributed by atoms with Crippen LogP contribution in [0.3, 0.4) is 0 Å². The van der Waals surface area contributed by atoms with Gasteiger partial charge in [-0.3, -0.25) is 0 Å². The Morgan fingerprint density at radius 1 is 1.26 bits per heavy atom. The van der Waals surface area contributed by atoms with E-state index in [0.717, 1.165) is 29.9 Å².